The molecule has 0 unspecified atom stereocenters. The van der Waals surface area contributed by atoms with Crippen LogP contribution in [0.25, 0.3) is 0 Å². The van der Waals surface area contributed by atoms with Gasteiger partial charge < -0.3 is 5.32 Å². The molecule has 1 aromatic heterocycles. The van der Waals surface area contributed by atoms with Crippen molar-refractivity contribution in [3.05, 3.63) is 58.6 Å². The molecule has 0 saturated heterocycles. The monoisotopic (exact) mass is 272 g/mol. The number of benzene rings is 1. The molecule has 0 amide bonds. The summed E-state index contributed by atoms with van der Waals surface area (Å²) in [5.74, 6) is -3.97. The predicted octanol–water partition coefficient (Wildman–Crippen LogP) is 3.76. The van der Waals surface area contributed by atoms with E-state index < -0.39 is 17.5 Å². The van der Waals surface area contributed by atoms with Gasteiger partial charge in [0.2, 0.25) is 0 Å². The van der Waals surface area contributed by atoms with Gasteiger partial charge in [0.05, 0.1) is 10.7 Å². The van der Waals surface area contributed by atoms with Gasteiger partial charge >= 0.3 is 0 Å². The molecule has 1 aromatic carbocycles. The highest BCUT2D eigenvalue weighted by molar-refractivity contribution is 6.31. The highest BCUT2D eigenvalue weighted by atomic mass is 35.5. The van der Waals surface area contributed by atoms with Crippen molar-refractivity contribution in [1.29, 1.82) is 0 Å². The number of pyridine rings is 1. The zero-order valence-corrected chi connectivity index (χ0v) is 9.81. The lowest BCUT2D eigenvalue weighted by Gasteiger charge is -2.09. The molecule has 0 saturated carbocycles. The summed E-state index contributed by atoms with van der Waals surface area (Å²) in [6, 6.07) is 3.63. The Morgan fingerprint density at radius 3 is 2.61 bits per heavy atom. The van der Waals surface area contributed by atoms with Gasteiger partial charge in [-0.2, -0.15) is 0 Å². The Hall–Kier alpha value is -1.75. The molecular formula is C12H8ClF3N2. The summed E-state index contributed by atoms with van der Waals surface area (Å²) in [7, 11) is 0. The molecule has 1 N–H and O–H groups in total. The van der Waals surface area contributed by atoms with E-state index in [0.29, 0.717) is 10.6 Å². The van der Waals surface area contributed by atoms with Crippen molar-refractivity contribution in [3.63, 3.8) is 0 Å². The maximum absolute atomic E-state index is 13.3. The van der Waals surface area contributed by atoms with Crippen LogP contribution in [0.2, 0.25) is 5.02 Å². The average Bonchev–Trinajstić information content (AvgIpc) is 2.37. The van der Waals surface area contributed by atoms with Gasteiger partial charge in [0.1, 0.15) is 0 Å². The van der Waals surface area contributed by atoms with E-state index in [1.54, 1.807) is 6.07 Å². The molecule has 2 nitrogen and oxygen atoms in total. The Morgan fingerprint density at radius 1 is 1.11 bits per heavy atom. The number of aromatic nitrogens is 1. The second-order valence-corrected chi connectivity index (χ2v) is 3.95. The summed E-state index contributed by atoms with van der Waals surface area (Å²) in [5, 5.41) is 3.05. The van der Waals surface area contributed by atoms with Crippen molar-refractivity contribution < 1.29 is 13.2 Å². The van der Waals surface area contributed by atoms with E-state index in [4.69, 9.17) is 11.6 Å². The fourth-order valence-electron chi connectivity index (χ4n) is 1.40. The molecule has 0 bridgehead atoms. The van der Waals surface area contributed by atoms with Crippen LogP contribution in [-0.2, 0) is 6.54 Å². The molecule has 94 valence electrons. The van der Waals surface area contributed by atoms with Crippen molar-refractivity contribution in [2.24, 2.45) is 0 Å². The minimum Gasteiger partial charge on any atom is -0.378 e. The first-order valence-electron chi connectivity index (χ1n) is 5.05. The Balaban J connectivity index is 2.17. The van der Waals surface area contributed by atoms with Crippen LogP contribution in [0, 0.1) is 17.5 Å². The number of hydrogen-bond donors (Lipinski definition) is 1. The quantitative estimate of drug-likeness (QED) is 0.861. The van der Waals surface area contributed by atoms with E-state index in [1.165, 1.54) is 12.4 Å². The predicted molar refractivity (Wildman–Crippen MR) is 62.9 cm³/mol. The van der Waals surface area contributed by atoms with E-state index in [0.717, 1.165) is 12.1 Å². The minimum absolute atomic E-state index is 0.123. The van der Waals surface area contributed by atoms with Crippen LogP contribution in [0.15, 0.2) is 30.6 Å². The normalized spacial score (nSPS) is 10.4. The van der Waals surface area contributed by atoms with E-state index in [1.807, 2.05) is 0 Å². The molecule has 18 heavy (non-hydrogen) atoms. The molecule has 0 spiro atoms. The molecular weight excluding hydrogens is 265 g/mol. The van der Waals surface area contributed by atoms with Crippen LogP contribution in [0.3, 0.4) is 0 Å². The van der Waals surface area contributed by atoms with Crippen LogP contribution >= 0.6 is 11.6 Å². The highest BCUT2D eigenvalue weighted by Crippen LogP contribution is 2.21. The number of nitrogens with one attached hydrogen (secondary N) is 1. The molecule has 0 aliphatic heterocycles. The maximum atomic E-state index is 13.3. The van der Waals surface area contributed by atoms with Gasteiger partial charge in [-0.25, -0.2) is 13.2 Å². The number of rotatable bonds is 3. The Kier molecular flexibility index (Phi) is 3.72. The van der Waals surface area contributed by atoms with Gasteiger partial charge in [0, 0.05) is 18.9 Å². The summed E-state index contributed by atoms with van der Waals surface area (Å²) >= 11 is 5.86. The fraction of sp³-hybridized carbons (Fsp3) is 0.0833. The molecule has 0 radical (unpaired) electrons. The lowest BCUT2D eigenvalue weighted by atomic mass is 10.2. The van der Waals surface area contributed by atoms with E-state index in [2.05, 4.69) is 10.3 Å². The Labute approximate surface area is 106 Å². The molecule has 2 aromatic rings. The topological polar surface area (TPSA) is 24.9 Å². The molecule has 6 heteroatoms. The summed E-state index contributed by atoms with van der Waals surface area (Å²) in [5.41, 5.74) is 0.553. The first kappa shape index (κ1) is 12.7. The van der Waals surface area contributed by atoms with Gasteiger partial charge in [-0.15, -0.1) is 0 Å². The third-order valence-electron chi connectivity index (χ3n) is 2.36. The average molecular weight is 273 g/mol. The van der Waals surface area contributed by atoms with Crippen LogP contribution in [0.4, 0.5) is 18.9 Å². The number of nitrogens with zero attached hydrogens (tertiary/aromatic N) is 1. The second kappa shape index (κ2) is 5.27. The largest absolute Gasteiger partial charge is 0.378 e. The number of hydrogen-bond acceptors (Lipinski definition) is 2. The first-order valence-corrected chi connectivity index (χ1v) is 5.43. The summed E-state index contributed by atoms with van der Waals surface area (Å²) < 4.78 is 39.0. The fourth-order valence-corrected chi connectivity index (χ4v) is 1.59. The zero-order valence-electron chi connectivity index (χ0n) is 9.05. The first-order chi connectivity index (χ1) is 8.59. The maximum Gasteiger partial charge on any atom is 0.196 e. The summed E-state index contributed by atoms with van der Waals surface area (Å²) in [6.07, 6.45) is 2.98. The van der Waals surface area contributed by atoms with Crippen molar-refractivity contribution in [2.45, 2.75) is 6.54 Å². The van der Waals surface area contributed by atoms with Crippen LogP contribution in [0.1, 0.15) is 5.56 Å². The second-order valence-electron chi connectivity index (χ2n) is 3.54. The van der Waals surface area contributed by atoms with Gasteiger partial charge in [0.25, 0.3) is 0 Å². The molecule has 2 rings (SSSR count). The lowest BCUT2D eigenvalue weighted by Crippen LogP contribution is -2.04. The van der Waals surface area contributed by atoms with Crippen molar-refractivity contribution in [2.75, 3.05) is 5.32 Å². The van der Waals surface area contributed by atoms with Crippen molar-refractivity contribution in [3.8, 4) is 0 Å². The smallest absolute Gasteiger partial charge is 0.196 e. The van der Waals surface area contributed by atoms with Crippen molar-refractivity contribution in [1.82, 2.24) is 4.98 Å². The van der Waals surface area contributed by atoms with Gasteiger partial charge in [-0.1, -0.05) is 11.6 Å². The van der Waals surface area contributed by atoms with Crippen molar-refractivity contribution >= 4 is 17.3 Å². The zero-order chi connectivity index (χ0) is 13.1. The van der Waals surface area contributed by atoms with Crippen LogP contribution < -0.4 is 5.32 Å². The molecule has 0 aliphatic carbocycles. The van der Waals surface area contributed by atoms with Gasteiger partial charge in [0.15, 0.2) is 17.5 Å². The Bertz CT molecular complexity index is 575. The van der Waals surface area contributed by atoms with Crippen LogP contribution in [0.5, 0.6) is 0 Å². The van der Waals surface area contributed by atoms with E-state index in [9.17, 15) is 13.2 Å². The molecule has 1 heterocycles. The van der Waals surface area contributed by atoms with Gasteiger partial charge in [-0.3, -0.25) is 4.98 Å². The standard InChI is InChI=1S/C12H8ClF3N2/c13-8-6-17-4-3-7(8)5-18-10-2-1-9(14)11(15)12(10)16/h1-4,6,18H,5H2. The third kappa shape index (κ3) is 2.56. The third-order valence-corrected chi connectivity index (χ3v) is 2.70. The van der Waals surface area contributed by atoms with Crippen LogP contribution in [-0.4, -0.2) is 4.98 Å². The van der Waals surface area contributed by atoms with E-state index >= 15 is 0 Å². The number of anilines is 1. The summed E-state index contributed by atoms with van der Waals surface area (Å²) in [4.78, 5) is 3.80. The SMILES string of the molecule is Fc1ccc(NCc2ccncc2Cl)c(F)c1F. The number of halogens is 4. The lowest BCUT2D eigenvalue weighted by molar-refractivity contribution is 0.449. The van der Waals surface area contributed by atoms with Gasteiger partial charge in [-0.05, 0) is 23.8 Å². The summed E-state index contributed by atoms with van der Waals surface area (Å²) in [6.45, 7) is 0.184. The molecule has 0 aliphatic rings. The molecule has 0 atom stereocenters. The molecule has 0 fully saturated rings. The van der Waals surface area contributed by atoms with E-state index in [-0.39, 0.29) is 12.2 Å². The highest BCUT2D eigenvalue weighted by Gasteiger charge is 2.13. The minimum atomic E-state index is -1.50. The Morgan fingerprint density at radius 2 is 1.89 bits per heavy atom.